The Morgan fingerprint density at radius 2 is 1.70 bits per heavy atom. The van der Waals surface area contributed by atoms with Crippen molar-refractivity contribution >= 4 is 17.5 Å². The minimum absolute atomic E-state index is 0.104. The second-order valence-electron chi connectivity index (χ2n) is 4.72. The summed E-state index contributed by atoms with van der Waals surface area (Å²) < 4.78 is 15.2. The molecule has 0 heterocycles. The third-order valence-corrected chi connectivity index (χ3v) is 3.09. The van der Waals surface area contributed by atoms with Gasteiger partial charge in [-0.25, -0.2) is 0 Å². The number of anilines is 1. The summed E-state index contributed by atoms with van der Waals surface area (Å²) in [5.74, 6) is 0.431. The van der Waals surface area contributed by atoms with Gasteiger partial charge in [0, 0.05) is 37.5 Å². The number of carbonyl (C=O) groups is 2. The fourth-order valence-corrected chi connectivity index (χ4v) is 1.81. The zero-order valence-corrected chi connectivity index (χ0v) is 13.5. The van der Waals surface area contributed by atoms with Gasteiger partial charge in [0.1, 0.15) is 11.5 Å². The highest BCUT2D eigenvalue weighted by molar-refractivity contribution is 5.94. The van der Waals surface area contributed by atoms with Gasteiger partial charge in [-0.1, -0.05) is 0 Å². The molecular weight excluding hydrogens is 302 g/mol. The molecule has 0 aliphatic carbocycles. The first kappa shape index (κ1) is 18.7. The number of ether oxygens (including phenoxy) is 3. The molecule has 0 radical (unpaired) electrons. The van der Waals surface area contributed by atoms with Crippen LogP contribution in [0, 0.1) is 0 Å². The highest BCUT2D eigenvalue weighted by atomic mass is 16.5. The molecule has 0 saturated carbocycles. The third kappa shape index (κ3) is 6.54. The summed E-state index contributed by atoms with van der Waals surface area (Å²) in [6.07, 6.45) is -0.256. The van der Waals surface area contributed by atoms with E-state index < -0.39 is 0 Å². The van der Waals surface area contributed by atoms with E-state index in [1.54, 1.807) is 18.2 Å². The number of hydrogen-bond donors (Lipinski definition) is 3. The molecule has 0 fully saturated rings. The number of rotatable bonds is 9. The van der Waals surface area contributed by atoms with E-state index in [9.17, 15) is 9.59 Å². The van der Waals surface area contributed by atoms with Crippen LogP contribution in [0.1, 0.15) is 6.42 Å². The van der Waals surface area contributed by atoms with Crippen molar-refractivity contribution in [1.82, 2.24) is 5.32 Å². The smallest absolute Gasteiger partial charge is 0.243 e. The monoisotopic (exact) mass is 325 g/mol. The molecule has 2 amide bonds. The summed E-state index contributed by atoms with van der Waals surface area (Å²) in [7, 11) is 4.52. The van der Waals surface area contributed by atoms with Crippen molar-refractivity contribution in [3.05, 3.63) is 18.2 Å². The maximum Gasteiger partial charge on any atom is 0.243 e. The fraction of sp³-hybridized carbons (Fsp3) is 0.467. The van der Waals surface area contributed by atoms with Gasteiger partial charge in [0.05, 0.1) is 33.3 Å². The molecule has 0 saturated heterocycles. The molecule has 0 aromatic heterocycles. The lowest BCUT2D eigenvalue weighted by Gasteiger charge is -2.13. The van der Waals surface area contributed by atoms with Gasteiger partial charge >= 0.3 is 0 Å². The van der Waals surface area contributed by atoms with Crippen LogP contribution < -0.4 is 25.8 Å². The van der Waals surface area contributed by atoms with Crippen LogP contribution in [-0.4, -0.2) is 52.3 Å². The van der Waals surface area contributed by atoms with E-state index in [4.69, 9.17) is 19.9 Å². The minimum Gasteiger partial charge on any atom is -0.497 e. The Morgan fingerprint density at radius 1 is 1.09 bits per heavy atom. The molecule has 4 N–H and O–H groups in total. The van der Waals surface area contributed by atoms with E-state index in [1.165, 1.54) is 21.3 Å². The predicted octanol–water partition coefficient (Wildman–Crippen LogP) is 0.122. The highest BCUT2D eigenvalue weighted by Crippen LogP contribution is 2.25. The standard InChI is InChI=1S/C15H23N3O5/c1-21-11-4-10(5-12(6-11)22-2)18-15(20)9-17-14(19)7-13(8-16)23-3/h4-6,13H,7-9,16H2,1-3H3,(H,17,19)(H,18,20). The first-order chi connectivity index (χ1) is 11.0. The Labute approximate surface area is 135 Å². The minimum atomic E-state index is -0.365. The Morgan fingerprint density at radius 3 is 2.17 bits per heavy atom. The largest absolute Gasteiger partial charge is 0.497 e. The van der Waals surface area contributed by atoms with Crippen molar-refractivity contribution < 1.29 is 23.8 Å². The van der Waals surface area contributed by atoms with Gasteiger partial charge in [0.25, 0.3) is 0 Å². The van der Waals surface area contributed by atoms with Crippen molar-refractivity contribution in [2.45, 2.75) is 12.5 Å². The summed E-state index contributed by atoms with van der Waals surface area (Å²) in [6.45, 7) is 0.0824. The van der Waals surface area contributed by atoms with Crippen LogP contribution >= 0.6 is 0 Å². The topological polar surface area (TPSA) is 112 Å². The van der Waals surface area contributed by atoms with E-state index in [1.807, 2.05) is 0 Å². The number of carbonyl (C=O) groups excluding carboxylic acids is 2. The average Bonchev–Trinajstić information content (AvgIpc) is 2.57. The van der Waals surface area contributed by atoms with Crippen LogP contribution in [0.15, 0.2) is 18.2 Å². The maximum atomic E-state index is 11.9. The molecule has 0 spiro atoms. The first-order valence-electron chi connectivity index (χ1n) is 7.04. The van der Waals surface area contributed by atoms with Crippen LogP contribution in [0.4, 0.5) is 5.69 Å². The number of hydrogen-bond acceptors (Lipinski definition) is 6. The molecule has 23 heavy (non-hydrogen) atoms. The number of benzene rings is 1. The molecule has 128 valence electrons. The van der Waals surface area contributed by atoms with Gasteiger partial charge in [-0.2, -0.15) is 0 Å². The summed E-state index contributed by atoms with van der Waals surface area (Å²) in [5.41, 5.74) is 5.95. The van der Waals surface area contributed by atoms with Gasteiger partial charge in [-0.05, 0) is 0 Å². The Hall–Kier alpha value is -2.32. The average molecular weight is 325 g/mol. The third-order valence-electron chi connectivity index (χ3n) is 3.09. The van der Waals surface area contributed by atoms with Crippen molar-refractivity contribution in [3.63, 3.8) is 0 Å². The van der Waals surface area contributed by atoms with Crippen LogP contribution in [0.2, 0.25) is 0 Å². The SMILES string of the molecule is COc1cc(NC(=O)CNC(=O)CC(CN)OC)cc(OC)c1. The van der Waals surface area contributed by atoms with E-state index in [2.05, 4.69) is 10.6 Å². The molecule has 1 aromatic carbocycles. The molecule has 1 aromatic rings. The lowest BCUT2D eigenvalue weighted by molar-refractivity contribution is -0.125. The summed E-state index contributed by atoms with van der Waals surface area (Å²) in [5, 5.41) is 5.17. The van der Waals surface area contributed by atoms with Crippen LogP contribution in [0.3, 0.4) is 0 Å². The van der Waals surface area contributed by atoms with Crippen LogP contribution in [0.25, 0.3) is 0 Å². The van der Waals surface area contributed by atoms with Gasteiger partial charge in [-0.3, -0.25) is 9.59 Å². The highest BCUT2D eigenvalue weighted by Gasteiger charge is 2.13. The van der Waals surface area contributed by atoms with Crippen molar-refractivity contribution in [2.75, 3.05) is 39.7 Å². The zero-order chi connectivity index (χ0) is 17.2. The van der Waals surface area contributed by atoms with E-state index in [0.717, 1.165) is 0 Å². The van der Waals surface area contributed by atoms with Crippen LogP contribution in [0.5, 0.6) is 11.5 Å². The molecule has 1 atom stereocenters. The quantitative estimate of drug-likeness (QED) is 0.595. The summed E-state index contributed by atoms with van der Waals surface area (Å²) >= 11 is 0. The Kier molecular flexibility index (Phi) is 7.86. The molecule has 0 aliphatic rings. The second-order valence-corrected chi connectivity index (χ2v) is 4.72. The predicted molar refractivity (Wildman–Crippen MR) is 85.7 cm³/mol. The molecule has 0 bridgehead atoms. The van der Waals surface area contributed by atoms with E-state index >= 15 is 0 Å². The molecule has 8 heteroatoms. The van der Waals surface area contributed by atoms with Crippen molar-refractivity contribution in [1.29, 1.82) is 0 Å². The second kappa shape index (κ2) is 9.65. The Bertz CT molecular complexity index is 510. The zero-order valence-electron chi connectivity index (χ0n) is 13.5. The fourth-order valence-electron chi connectivity index (χ4n) is 1.81. The van der Waals surface area contributed by atoms with Gasteiger partial charge in [0.2, 0.25) is 11.8 Å². The van der Waals surface area contributed by atoms with Crippen LogP contribution in [-0.2, 0) is 14.3 Å². The first-order valence-corrected chi connectivity index (χ1v) is 7.04. The number of methoxy groups -OCH3 is 3. The Balaban J connectivity index is 2.52. The summed E-state index contributed by atoms with van der Waals surface area (Å²) in [4.78, 5) is 23.5. The molecule has 1 unspecified atom stereocenters. The molecule has 1 rings (SSSR count). The number of nitrogens with two attached hydrogens (primary N) is 1. The number of nitrogens with one attached hydrogen (secondary N) is 2. The lowest BCUT2D eigenvalue weighted by atomic mass is 10.2. The molecule has 0 aliphatic heterocycles. The van der Waals surface area contributed by atoms with Crippen molar-refractivity contribution in [3.8, 4) is 11.5 Å². The van der Waals surface area contributed by atoms with Gasteiger partial charge < -0.3 is 30.6 Å². The molecule has 8 nitrogen and oxygen atoms in total. The molecular formula is C15H23N3O5. The van der Waals surface area contributed by atoms with E-state index in [0.29, 0.717) is 17.2 Å². The maximum absolute atomic E-state index is 11.9. The lowest BCUT2D eigenvalue weighted by Crippen LogP contribution is -2.36. The summed E-state index contributed by atoms with van der Waals surface area (Å²) in [6, 6.07) is 4.99. The number of amides is 2. The van der Waals surface area contributed by atoms with Crippen molar-refractivity contribution in [2.24, 2.45) is 5.73 Å². The van der Waals surface area contributed by atoms with Gasteiger partial charge in [-0.15, -0.1) is 0 Å². The van der Waals surface area contributed by atoms with E-state index in [-0.39, 0.29) is 37.4 Å². The normalized spacial score (nSPS) is 11.5. The van der Waals surface area contributed by atoms with Gasteiger partial charge in [0.15, 0.2) is 0 Å².